The van der Waals surface area contributed by atoms with Gasteiger partial charge in [-0.2, -0.15) is 0 Å². The molecule has 1 aliphatic rings. The number of nitrogens with one attached hydrogen (secondary N) is 1. The van der Waals surface area contributed by atoms with Gasteiger partial charge in [-0.3, -0.25) is 4.79 Å². The summed E-state index contributed by atoms with van der Waals surface area (Å²) in [5.74, 6) is 1.59. The maximum atomic E-state index is 11.7. The Morgan fingerprint density at radius 3 is 2.71 bits per heavy atom. The van der Waals surface area contributed by atoms with Gasteiger partial charge in [-0.1, -0.05) is 39.0 Å². The molecule has 1 fully saturated rings. The molecule has 0 aromatic rings. The van der Waals surface area contributed by atoms with E-state index < -0.39 is 0 Å². The molecule has 0 bridgehead atoms. The van der Waals surface area contributed by atoms with Crippen molar-refractivity contribution in [1.82, 2.24) is 5.32 Å². The first-order valence-electron chi connectivity index (χ1n) is 7.23. The van der Waals surface area contributed by atoms with Gasteiger partial charge in [-0.15, -0.1) is 0 Å². The monoisotopic (exact) mass is 240 g/mol. The highest BCUT2D eigenvalue weighted by Crippen LogP contribution is 2.28. The van der Waals surface area contributed by atoms with E-state index in [-0.39, 0.29) is 5.91 Å². The number of carbonyl (C=O) groups is 1. The van der Waals surface area contributed by atoms with Crippen LogP contribution in [0.15, 0.2) is 0 Å². The number of nitrogens with two attached hydrogens (primary N) is 1. The lowest BCUT2D eigenvalue weighted by molar-refractivity contribution is -0.121. The molecule has 3 N–H and O–H groups in total. The molecule has 100 valence electrons. The Hall–Kier alpha value is -0.570. The summed E-state index contributed by atoms with van der Waals surface area (Å²) in [5.41, 5.74) is 5.54. The normalized spacial score (nSPS) is 18.2. The van der Waals surface area contributed by atoms with E-state index >= 15 is 0 Å². The highest BCUT2D eigenvalue weighted by Gasteiger charge is 2.16. The smallest absolute Gasteiger partial charge is 0.220 e. The molecule has 0 aliphatic heterocycles. The first-order valence-corrected chi connectivity index (χ1v) is 7.23. The summed E-state index contributed by atoms with van der Waals surface area (Å²) < 4.78 is 0. The Bertz CT molecular complexity index is 212. The Balaban J connectivity index is 2.07. The van der Waals surface area contributed by atoms with Crippen LogP contribution in [0.2, 0.25) is 0 Å². The van der Waals surface area contributed by atoms with Crippen LogP contribution in [0.5, 0.6) is 0 Å². The summed E-state index contributed by atoms with van der Waals surface area (Å²) in [6.07, 6.45) is 9.29. The maximum Gasteiger partial charge on any atom is 0.220 e. The fourth-order valence-electron chi connectivity index (χ4n) is 2.67. The molecule has 0 aromatic carbocycles. The quantitative estimate of drug-likeness (QED) is 0.684. The molecule has 0 saturated heterocycles. The van der Waals surface area contributed by atoms with Crippen molar-refractivity contribution >= 4 is 5.91 Å². The lowest BCUT2D eigenvalue weighted by Crippen LogP contribution is -2.30. The Morgan fingerprint density at radius 1 is 1.41 bits per heavy atom. The van der Waals surface area contributed by atoms with E-state index in [0.717, 1.165) is 38.3 Å². The zero-order valence-electron chi connectivity index (χ0n) is 11.2. The van der Waals surface area contributed by atoms with Crippen molar-refractivity contribution in [1.29, 1.82) is 0 Å². The number of carbonyl (C=O) groups excluding carboxylic acids is 1. The molecule has 17 heavy (non-hydrogen) atoms. The minimum absolute atomic E-state index is 0.229. The van der Waals surface area contributed by atoms with E-state index in [1.54, 1.807) is 0 Å². The first-order chi connectivity index (χ1) is 8.26. The fraction of sp³-hybridized carbons (Fsp3) is 0.929. The van der Waals surface area contributed by atoms with Gasteiger partial charge >= 0.3 is 0 Å². The molecule has 0 aromatic heterocycles. The van der Waals surface area contributed by atoms with Crippen molar-refractivity contribution < 1.29 is 4.79 Å². The first kappa shape index (κ1) is 14.5. The van der Waals surface area contributed by atoms with Crippen LogP contribution in [0.4, 0.5) is 0 Å². The van der Waals surface area contributed by atoms with Crippen LogP contribution in [0, 0.1) is 11.8 Å². The predicted molar refractivity (Wildman–Crippen MR) is 71.7 cm³/mol. The second-order valence-corrected chi connectivity index (χ2v) is 5.34. The minimum Gasteiger partial charge on any atom is -0.356 e. The Labute approximate surface area is 106 Å². The van der Waals surface area contributed by atoms with E-state index in [2.05, 4.69) is 12.2 Å². The maximum absolute atomic E-state index is 11.7. The van der Waals surface area contributed by atoms with E-state index in [1.807, 2.05) is 0 Å². The summed E-state index contributed by atoms with van der Waals surface area (Å²) in [7, 11) is 0. The average Bonchev–Trinajstić information content (AvgIpc) is 2.85. The van der Waals surface area contributed by atoms with Crippen LogP contribution in [0.25, 0.3) is 0 Å². The molecule has 0 spiro atoms. The van der Waals surface area contributed by atoms with Gasteiger partial charge in [0.1, 0.15) is 0 Å². The molecule has 0 heterocycles. The van der Waals surface area contributed by atoms with E-state index in [4.69, 9.17) is 5.73 Å². The number of rotatable bonds is 8. The Morgan fingerprint density at radius 2 is 2.12 bits per heavy atom. The van der Waals surface area contributed by atoms with Crippen LogP contribution in [-0.2, 0) is 4.79 Å². The van der Waals surface area contributed by atoms with E-state index in [9.17, 15) is 4.79 Å². The topological polar surface area (TPSA) is 55.1 Å². The molecular weight excluding hydrogens is 212 g/mol. The van der Waals surface area contributed by atoms with Gasteiger partial charge in [-0.05, 0) is 31.2 Å². The van der Waals surface area contributed by atoms with Gasteiger partial charge in [0, 0.05) is 13.0 Å². The third-order valence-corrected chi connectivity index (χ3v) is 3.99. The van der Waals surface area contributed by atoms with Crippen LogP contribution < -0.4 is 11.1 Å². The molecule has 1 saturated carbocycles. The molecule has 1 unspecified atom stereocenters. The zero-order chi connectivity index (χ0) is 12.5. The van der Waals surface area contributed by atoms with Gasteiger partial charge in [-0.25, -0.2) is 0 Å². The van der Waals surface area contributed by atoms with Crippen LogP contribution in [0.1, 0.15) is 58.3 Å². The second-order valence-electron chi connectivity index (χ2n) is 5.34. The van der Waals surface area contributed by atoms with E-state index in [0.29, 0.717) is 12.3 Å². The SMILES string of the molecule is CCC(CCN)CNC(=O)CCC1CCCC1. The van der Waals surface area contributed by atoms with Crippen molar-refractivity contribution in [2.24, 2.45) is 17.6 Å². The van der Waals surface area contributed by atoms with Gasteiger partial charge in [0.25, 0.3) is 0 Å². The summed E-state index contributed by atoms with van der Waals surface area (Å²) in [6, 6.07) is 0. The molecule has 1 rings (SSSR count). The Kier molecular flexibility index (Phi) is 7.25. The molecule has 3 heteroatoms. The van der Waals surface area contributed by atoms with Gasteiger partial charge < -0.3 is 11.1 Å². The zero-order valence-corrected chi connectivity index (χ0v) is 11.2. The minimum atomic E-state index is 0.229. The summed E-state index contributed by atoms with van der Waals surface area (Å²) in [5, 5.41) is 3.05. The average molecular weight is 240 g/mol. The third kappa shape index (κ3) is 6.06. The molecule has 3 nitrogen and oxygen atoms in total. The van der Waals surface area contributed by atoms with Gasteiger partial charge in [0.2, 0.25) is 5.91 Å². The fourth-order valence-corrected chi connectivity index (χ4v) is 2.67. The van der Waals surface area contributed by atoms with Crippen LogP contribution >= 0.6 is 0 Å². The van der Waals surface area contributed by atoms with Crippen molar-refractivity contribution in [2.75, 3.05) is 13.1 Å². The molecule has 1 aliphatic carbocycles. The molecule has 1 atom stereocenters. The predicted octanol–water partition coefficient (Wildman–Crippen LogP) is 2.45. The lowest BCUT2D eigenvalue weighted by Gasteiger charge is -2.15. The van der Waals surface area contributed by atoms with E-state index in [1.165, 1.54) is 25.7 Å². The number of hydrogen-bond donors (Lipinski definition) is 2. The molecule has 1 amide bonds. The van der Waals surface area contributed by atoms with Gasteiger partial charge in [0.05, 0.1) is 0 Å². The van der Waals surface area contributed by atoms with Crippen molar-refractivity contribution in [2.45, 2.75) is 58.3 Å². The number of amides is 1. The van der Waals surface area contributed by atoms with Gasteiger partial charge in [0.15, 0.2) is 0 Å². The summed E-state index contributed by atoms with van der Waals surface area (Å²) in [4.78, 5) is 11.7. The van der Waals surface area contributed by atoms with Crippen molar-refractivity contribution in [3.05, 3.63) is 0 Å². The lowest BCUT2D eigenvalue weighted by atomic mass is 10.0. The van der Waals surface area contributed by atoms with Crippen LogP contribution in [0.3, 0.4) is 0 Å². The number of hydrogen-bond acceptors (Lipinski definition) is 2. The molecule has 0 radical (unpaired) electrons. The van der Waals surface area contributed by atoms with Crippen molar-refractivity contribution in [3.8, 4) is 0 Å². The summed E-state index contributed by atoms with van der Waals surface area (Å²) in [6.45, 7) is 3.68. The highest BCUT2D eigenvalue weighted by molar-refractivity contribution is 5.75. The largest absolute Gasteiger partial charge is 0.356 e. The van der Waals surface area contributed by atoms with Crippen molar-refractivity contribution in [3.63, 3.8) is 0 Å². The van der Waals surface area contributed by atoms with Crippen LogP contribution in [-0.4, -0.2) is 19.0 Å². The summed E-state index contributed by atoms with van der Waals surface area (Å²) >= 11 is 0. The standard InChI is InChI=1S/C14H28N2O/c1-2-12(9-10-15)11-16-14(17)8-7-13-5-3-4-6-13/h12-13H,2-11,15H2,1H3,(H,16,17). The third-order valence-electron chi connectivity index (χ3n) is 3.99. The highest BCUT2D eigenvalue weighted by atomic mass is 16.1. The molecular formula is C14H28N2O. The second kappa shape index (κ2) is 8.51.